The van der Waals surface area contributed by atoms with Crippen LogP contribution in [0.5, 0.6) is 0 Å². The van der Waals surface area contributed by atoms with Crippen LogP contribution in [-0.2, 0) is 0 Å². The lowest BCUT2D eigenvalue weighted by Crippen LogP contribution is -2.39. The molecule has 0 aliphatic heterocycles. The molecule has 0 aliphatic carbocycles. The Bertz CT molecular complexity index is 638. The van der Waals surface area contributed by atoms with E-state index in [9.17, 15) is 9.90 Å². The molecule has 2 aromatic rings. The zero-order valence-electron chi connectivity index (χ0n) is 13.9. The maximum atomic E-state index is 12.4. The molecular formula is C18H24N2O3. The van der Waals surface area contributed by atoms with E-state index in [1.54, 1.807) is 31.4 Å². The van der Waals surface area contributed by atoms with E-state index in [4.69, 9.17) is 4.42 Å². The Labute approximate surface area is 136 Å². The number of aliphatic hydroxyl groups excluding tert-OH is 1. The number of aromatic nitrogens is 1. The molecule has 2 rings (SSSR count). The van der Waals surface area contributed by atoms with Gasteiger partial charge in [-0.05, 0) is 44.0 Å². The normalized spacial score (nSPS) is 11.5. The molecule has 0 fully saturated rings. The van der Waals surface area contributed by atoms with Gasteiger partial charge in [0.1, 0.15) is 5.69 Å². The van der Waals surface area contributed by atoms with Crippen LogP contribution < -0.4 is 5.32 Å². The van der Waals surface area contributed by atoms with Crippen molar-refractivity contribution in [2.24, 2.45) is 5.41 Å². The lowest BCUT2D eigenvalue weighted by atomic mass is 9.83. The largest absolute Gasteiger partial charge is 0.463 e. The van der Waals surface area contributed by atoms with Crippen LogP contribution in [0.1, 0.15) is 42.7 Å². The summed E-state index contributed by atoms with van der Waals surface area (Å²) in [5.41, 5.74) is 1.64. The predicted molar refractivity (Wildman–Crippen MR) is 89.1 cm³/mol. The van der Waals surface area contributed by atoms with Crippen LogP contribution in [0.2, 0.25) is 0 Å². The predicted octanol–water partition coefficient (Wildman–Crippen LogP) is 3.18. The first kappa shape index (κ1) is 17.2. The van der Waals surface area contributed by atoms with E-state index in [0.717, 1.165) is 12.8 Å². The number of hydrogen-bond acceptors (Lipinski definition) is 4. The average Bonchev–Trinajstić information content (AvgIpc) is 3.11. The summed E-state index contributed by atoms with van der Waals surface area (Å²) in [6.45, 7) is 6.37. The summed E-state index contributed by atoms with van der Waals surface area (Å²) in [6.07, 6.45) is 3.22. The number of hydrogen-bond donors (Lipinski definition) is 2. The summed E-state index contributed by atoms with van der Waals surface area (Å²) in [4.78, 5) is 16.8. The minimum atomic E-state index is -0.259. The average molecular weight is 316 g/mol. The van der Waals surface area contributed by atoms with E-state index < -0.39 is 0 Å². The van der Waals surface area contributed by atoms with Gasteiger partial charge in [-0.3, -0.25) is 4.79 Å². The second-order valence-electron chi connectivity index (χ2n) is 5.85. The van der Waals surface area contributed by atoms with Crippen molar-refractivity contribution in [1.82, 2.24) is 10.3 Å². The molecule has 23 heavy (non-hydrogen) atoms. The van der Waals surface area contributed by atoms with E-state index in [1.807, 2.05) is 19.9 Å². The fraction of sp³-hybridized carbons (Fsp3) is 0.444. The Hall–Kier alpha value is -2.14. The monoisotopic (exact) mass is 316 g/mol. The lowest BCUT2D eigenvalue weighted by Gasteiger charge is -2.29. The first-order chi connectivity index (χ1) is 11.0. The van der Waals surface area contributed by atoms with Gasteiger partial charge >= 0.3 is 0 Å². The molecule has 5 heteroatoms. The molecule has 1 amide bonds. The van der Waals surface area contributed by atoms with Crippen molar-refractivity contribution < 1.29 is 14.3 Å². The van der Waals surface area contributed by atoms with Crippen molar-refractivity contribution in [3.63, 3.8) is 0 Å². The number of amides is 1. The molecule has 0 aliphatic rings. The molecule has 2 N–H and O–H groups in total. The summed E-state index contributed by atoms with van der Waals surface area (Å²) in [5.74, 6) is 0.511. The Balaban J connectivity index is 2.11. The van der Waals surface area contributed by atoms with Gasteiger partial charge in [0.25, 0.3) is 5.91 Å². The van der Waals surface area contributed by atoms with Gasteiger partial charge in [0, 0.05) is 12.0 Å². The molecule has 0 saturated heterocycles. The number of nitrogens with zero attached hydrogens (tertiary/aromatic N) is 1. The van der Waals surface area contributed by atoms with Crippen molar-refractivity contribution in [2.75, 3.05) is 13.2 Å². The van der Waals surface area contributed by atoms with Gasteiger partial charge in [-0.1, -0.05) is 13.8 Å². The van der Waals surface area contributed by atoms with Crippen LogP contribution in [0.15, 0.2) is 34.9 Å². The van der Waals surface area contributed by atoms with Crippen molar-refractivity contribution in [3.05, 3.63) is 41.8 Å². The fourth-order valence-corrected chi connectivity index (χ4v) is 2.51. The molecule has 2 heterocycles. The third kappa shape index (κ3) is 3.79. The van der Waals surface area contributed by atoms with Crippen LogP contribution in [-0.4, -0.2) is 29.1 Å². The highest BCUT2D eigenvalue weighted by Gasteiger charge is 2.26. The molecular weight excluding hydrogens is 292 g/mol. The van der Waals surface area contributed by atoms with Crippen LogP contribution in [0.4, 0.5) is 0 Å². The van der Waals surface area contributed by atoms with Crippen LogP contribution in [0, 0.1) is 12.3 Å². The van der Waals surface area contributed by atoms with Crippen molar-refractivity contribution in [2.45, 2.75) is 33.6 Å². The summed E-state index contributed by atoms with van der Waals surface area (Å²) in [7, 11) is 0. The third-order valence-electron chi connectivity index (χ3n) is 4.56. The van der Waals surface area contributed by atoms with E-state index in [2.05, 4.69) is 10.3 Å². The number of aliphatic hydroxyl groups is 1. The van der Waals surface area contributed by atoms with Gasteiger partial charge in [0.2, 0.25) is 0 Å². The number of nitrogens with one attached hydrogen (secondary N) is 1. The smallest absolute Gasteiger partial charge is 0.253 e. The molecule has 0 bridgehead atoms. The van der Waals surface area contributed by atoms with Crippen LogP contribution in [0.25, 0.3) is 11.5 Å². The highest BCUT2D eigenvalue weighted by Crippen LogP contribution is 2.25. The Morgan fingerprint density at radius 1 is 1.30 bits per heavy atom. The highest BCUT2D eigenvalue weighted by atomic mass is 16.3. The number of carbonyl (C=O) groups excluding carboxylic acids is 1. The molecule has 0 saturated carbocycles. The van der Waals surface area contributed by atoms with Gasteiger partial charge < -0.3 is 14.8 Å². The summed E-state index contributed by atoms with van der Waals surface area (Å²) in [6, 6.07) is 7.17. The standard InChI is InChI=1S/C18H24N2O3/c1-4-18(5-2,12-21)11-19-17(22)14-8-9-15(20-13(14)3)16-7-6-10-23-16/h6-10,21H,4-5,11-12H2,1-3H3,(H,19,22). The second kappa shape index (κ2) is 7.42. The Morgan fingerprint density at radius 3 is 2.57 bits per heavy atom. The van der Waals surface area contributed by atoms with Gasteiger partial charge in [0.05, 0.1) is 24.1 Å². The maximum Gasteiger partial charge on any atom is 0.253 e. The number of carbonyl (C=O) groups is 1. The molecule has 0 atom stereocenters. The first-order valence-electron chi connectivity index (χ1n) is 7.96. The number of pyridine rings is 1. The number of aryl methyl sites for hydroxylation is 1. The molecule has 2 aromatic heterocycles. The molecule has 0 spiro atoms. The van der Waals surface area contributed by atoms with Gasteiger partial charge in [-0.15, -0.1) is 0 Å². The van der Waals surface area contributed by atoms with Gasteiger partial charge in [0.15, 0.2) is 5.76 Å². The maximum absolute atomic E-state index is 12.4. The second-order valence-corrected chi connectivity index (χ2v) is 5.85. The minimum absolute atomic E-state index is 0.0644. The van der Waals surface area contributed by atoms with Crippen molar-refractivity contribution >= 4 is 5.91 Å². The summed E-state index contributed by atoms with van der Waals surface area (Å²) in [5, 5.41) is 12.5. The number of rotatable bonds is 7. The zero-order valence-corrected chi connectivity index (χ0v) is 13.9. The Morgan fingerprint density at radius 2 is 2.04 bits per heavy atom. The lowest BCUT2D eigenvalue weighted by molar-refractivity contribution is 0.0850. The van der Waals surface area contributed by atoms with Crippen molar-refractivity contribution in [1.29, 1.82) is 0 Å². The Kier molecular flexibility index (Phi) is 5.55. The van der Waals surface area contributed by atoms with E-state index >= 15 is 0 Å². The van der Waals surface area contributed by atoms with Gasteiger partial charge in [-0.2, -0.15) is 0 Å². The minimum Gasteiger partial charge on any atom is -0.463 e. The third-order valence-corrected chi connectivity index (χ3v) is 4.56. The quantitative estimate of drug-likeness (QED) is 0.822. The van der Waals surface area contributed by atoms with E-state index in [0.29, 0.717) is 29.3 Å². The SMILES string of the molecule is CCC(CC)(CO)CNC(=O)c1ccc(-c2ccco2)nc1C. The summed E-state index contributed by atoms with van der Waals surface area (Å²) >= 11 is 0. The molecule has 0 radical (unpaired) electrons. The highest BCUT2D eigenvalue weighted by molar-refractivity contribution is 5.95. The number of furan rings is 1. The zero-order chi connectivity index (χ0) is 16.9. The van der Waals surface area contributed by atoms with Crippen LogP contribution in [0.3, 0.4) is 0 Å². The topological polar surface area (TPSA) is 75.4 Å². The van der Waals surface area contributed by atoms with E-state index in [1.165, 1.54) is 0 Å². The molecule has 124 valence electrons. The molecule has 0 unspecified atom stereocenters. The fourth-order valence-electron chi connectivity index (χ4n) is 2.51. The molecule has 5 nitrogen and oxygen atoms in total. The molecule has 0 aromatic carbocycles. The first-order valence-corrected chi connectivity index (χ1v) is 7.96. The van der Waals surface area contributed by atoms with Gasteiger partial charge in [-0.25, -0.2) is 4.98 Å². The van der Waals surface area contributed by atoms with Crippen molar-refractivity contribution in [3.8, 4) is 11.5 Å². The van der Waals surface area contributed by atoms with E-state index in [-0.39, 0.29) is 17.9 Å². The van der Waals surface area contributed by atoms with Crippen LogP contribution >= 0.6 is 0 Å². The summed E-state index contributed by atoms with van der Waals surface area (Å²) < 4.78 is 5.32.